The maximum Gasteiger partial charge on any atom is 0.318 e. The van der Waals surface area contributed by atoms with Gasteiger partial charge in [-0.15, -0.1) is 0 Å². The predicted molar refractivity (Wildman–Crippen MR) is 107 cm³/mol. The summed E-state index contributed by atoms with van der Waals surface area (Å²) in [5, 5.41) is 2.23. The van der Waals surface area contributed by atoms with Crippen LogP contribution in [-0.4, -0.2) is 26.7 Å². The molecule has 1 unspecified atom stereocenters. The molecule has 0 fully saturated rings. The number of primary amides is 1. The number of nitrogens with zero attached hydrogens (tertiary/aromatic N) is 2. The molecule has 0 saturated heterocycles. The van der Waals surface area contributed by atoms with Crippen LogP contribution in [0.25, 0.3) is 16.9 Å². The fourth-order valence-electron chi connectivity index (χ4n) is 2.61. The molecule has 2 aromatic carbocycles. The second-order valence-electron chi connectivity index (χ2n) is 6.08. The SMILES string of the molecule is Cc1ccc(-n2c(-c3ccccc3)cnc2SC(C)C(=O)NC(N)=O)cc1. The number of imide groups is 1. The van der Waals surface area contributed by atoms with Gasteiger partial charge in [-0.3, -0.25) is 14.7 Å². The third-order valence-corrected chi connectivity index (χ3v) is 5.06. The molecule has 1 atom stereocenters. The van der Waals surface area contributed by atoms with Crippen molar-refractivity contribution >= 4 is 23.7 Å². The van der Waals surface area contributed by atoms with Gasteiger partial charge in [0, 0.05) is 11.3 Å². The molecule has 3 aromatic rings. The number of thioether (sulfide) groups is 1. The van der Waals surface area contributed by atoms with E-state index in [4.69, 9.17) is 5.73 Å². The summed E-state index contributed by atoms with van der Waals surface area (Å²) < 4.78 is 2.01. The molecular formula is C20H20N4O2S. The highest BCUT2D eigenvalue weighted by atomic mass is 32.2. The van der Waals surface area contributed by atoms with Crippen molar-refractivity contribution < 1.29 is 9.59 Å². The number of nitrogens with one attached hydrogen (secondary N) is 1. The van der Waals surface area contributed by atoms with Crippen LogP contribution in [0.5, 0.6) is 0 Å². The van der Waals surface area contributed by atoms with Gasteiger partial charge in [-0.2, -0.15) is 0 Å². The number of benzene rings is 2. The Bertz CT molecular complexity index is 952. The Balaban J connectivity index is 2.01. The Morgan fingerprint density at radius 1 is 1.11 bits per heavy atom. The monoisotopic (exact) mass is 380 g/mol. The summed E-state index contributed by atoms with van der Waals surface area (Å²) in [4.78, 5) is 27.5. The van der Waals surface area contributed by atoms with E-state index >= 15 is 0 Å². The first-order chi connectivity index (χ1) is 13.0. The number of urea groups is 1. The molecule has 27 heavy (non-hydrogen) atoms. The highest BCUT2D eigenvalue weighted by Gasteiger charge is 2.21. The van der Waals surface area contributed by atoms with Gasteiger partial charge in [-0.25, -0.2) is 9.78 Å². The lowest BCUT2D eigenvalue weighted by Gasteiger charge is -2.14. The summed E-state index contributed by atoms with van der Waals surface area (Å²) in [7, 11) is 0. The van der Waals surface area contributed by atoms with Crippen molar-refractivity contribution in [2.75, 3.05) is 0 Å². The number of carbonyl (C=O) groups excluding carboxylic acids is 2. The quantitative estimate of drug-likeness (QED) is 0.663. The van der Waals surface area contributed by atoms with Gasteiger partial charge in [0.05, 0.1) is 17.1 Å². The van der Waals surface area contributed by atoms with Crippen LogP contribution in [0.3, 0.4) is 0 Å². The fraction of sp³-hybridized carbons (Fsp3) is 0.150. The summed E-state index contributed by atoms with van der Waals surface area (Å²) >= 11 is 1.27. The van der Waals surface area contributed by atoms with E-state index in [2.05, 4.69) is 10.3 Å². The summed E-state index contributed by atoms with van der Waals surface area (Å²) in [6.45, 7) is 3.74. The van der Waals surface area contributed by atoms with Crippen molar-refractivity contribution in [1.82, 2.24) is 14.9 Å². The number of hydrogen-bond acceptors (Lipinski definition) is 4. The largest absolute Gasteiger partial charge is 0.351 e. The molecule has 0 aliphatic carbocycles. The average Bonchev–Trinajstić information content (AvgIpc) is 3.06. The normalized spacial score (nSPS) is 11.8. The Hall–Kier alpha value is -3.06. The van der Waals surface area contributed by atoms with Crippen molar-refractivity contribution in [3.63, 3.8) is 0 Å². The van der Waals surface area contributed by atoms with Crippen LogP contribution < -0.4 is 11.1 Å². The van der Waals surface area contributed by atoms with Crippen molar-refractivity contribution in [3.8, 4) is 16.9 Å². The van der Waals surface area contributed by atoms with Gasteiger partial charge in [-0.1, -0.05) is 59.8 Å². The van der Waals surface area contributed by atoms with E-state index in [1.54, 1.807) is 13.1 Å². The zero-order chi connectivity index (χ0) is 19.4. The summed E-state index contributed by atoms with van der Waals surface area (Å²) in [5.74, 6) is -0.452. The number of hydrogen-bond donors (Lipinski definition) is 2. The minimum atomic E-state index is -0.862. The van der Waals surface area contributed by atoms with Crippen molar-refractivity contribution in [2.45, 2.75) is 24.3 Å². The molecule has 138 valence electrons. The molecule has 3 rings (SSSR count). The van der Waals surface area contributed by atoms with Crippen molar-refractivity contribution in [3.05, 3.63) is 66.4 Å². The molecule has 0 spiro atoms. The molecule has 0 radical (unpaired) electrons. The van der Waals surface area contributed by atoms with Gasteiger partial charge >= 0.3 is 6.03 Å². The first-order valence-electron chi connectivity index (χ1n) is 8.43. The van der Waals surface area contributed by atoms with E-state index in [0.29, 0.717) is 5.16 Å². The van der Waals surface area contributed by atoms with Crippen LogP contribution in [0, 0.1) is 6.92 Å². The highest BCUT2D eigenvalue weighted by Crippen LogP contribution is 2.31. The maximum absolute atomic E-state index is 12.1. The second kappa shape index (κ2) is 8.09. The number of carbonyl (C=O) groups is 2. The number of amides is 3. The number of aryl methyl sites for hydroxylation is 1. The van der Waals surface area contributed by atoms with Gasteiger partial charge in [-0.05, 0) is 26.0 Å². The van der Waals surface area contributed by atoms with E-state index < -0.39 is 17.2 Å². The summed E-state index contributed by atoms with van der Waals surface area (Å²) in [6, 6.07) is 17.2. The van der Waals surface area contributed by atoms with E-state index in [-0.39, 0.29) is 0 Å². The highest BCUT2D eigenvalue weighted by molar-refractivity contribution is 8.00. The van der Waals surface area contributed by atoms with Gasteiger partial charge in [0.2, 0.25) is 5.91 Å². The fourth-order valence-corrected chi connectivity index (χ4v) is 3.51. The third-order valence-electron chi connectivity index (χ3n) is 3.99. The van der Waals surface area contributed by atoms with E-state index in [1.165, 1.54) is 11.8 Å². The maximum atomic E-state index is 12.1. The molecule has 1 aromatic heterocycles. The molecule has 0 bridgehead atoms. The van der Waals surface area contributed by atoms with Crippen LogP contribution in [-0.2, 0) is 4.79 Å². The molecule has 0 aliphatic heterocycles. The summed E-state index contributed by atoms with van der Waals surface area (Å²) in [6.07, 6.45) is 1.79. The van der Waals surface area contributed by atoms with E-state index in [9.17, 15) is 9.59 Å². The average molecular weight is 380 g/mol. The van der Waals surface area contributed by atoms with Crippen molar-refractivity contribution in [1.29, 1.82) is 0 Å². The Morgan fingerprint density at radius 2 is 1.78 bits per heavy atom. The third kappa shape index (κ3) is 4.38. The molecule has 3 N–H and O–H groups in total. The summed E-state index contributed by atoms with van der Waals surface area (Å²) in [5.41, 5.74) is 9.08. The Labute approximate surface area is 161 Å². The lowest BCUT2D eigenvalue weighted by molar-refractivity contribution is -0.119. The Kier molecular flexibility index (Phi) is 5.61. The minimum absolute atomic E-state index is 0.452. The predicted octanol–water partition coefficient (Wildman–Crippen LogP) is 3.52. The molecule has 6 nitrogen and oxygen atoms in total. The van der Waals surface area contributed by atoms with Crippen LogP contribution in [0.2, 0.25) is 0 Å². The molecular weight excluding hydrogens is 360 g/mol. The lowest BCUT2D eigenvalue weighted by atomic mass is 10.1. The van der Waals surface area contributed by atoms with E-state index in [0.717, 1.165) is 22.5 Å². The molecule has 3 amide bonds. The van der Waals surface area contributed by atoms with E-state index in [1.807, 2.05) is 66.1 Å². The smallest absolute Gasteiger partial charge is 0.318 e. The van der Waals surface area contributed by atoms with Crippen molar-refractivity contribution in [2.24, 2.45) is 5.73 Å². The first-order valence-corrected chi connectivity index (χ1v) is 9.31. The second-order valence-corrected chi connectivity index (χ2v) is 7.38. The van der Waals surface area contributed by atoms with Crippen LogP contribution >= 0.6 is 11.8 Å². The number of nitrogens with two attached hydrogens (primary N) is 1. The first kappa shape index (κ1) is 18.7. The number of rotatable bonds is 5. The Morgan fingerprint density at radius 3 is 2.41 bits per heavy atom. The molecule has 7 heteroatoms. The number of aromatic nitrogens is 2. The van der Waals surface area contributed by atoms with Gasteiger partial charge < -0.3 is 5.73 Å². The van der Waals surface area contributed by atoms with Crippen LogP contribution in [0.4, 0.5) is 4.79 Å². The molecule has 0 aliphatic rings. The topological polar surface area (TPSA) is 90.0 Å². The zero-order valence-corrected chi connectivity index (χ0v) is 15.9. The zero-order valence-electron chi connectivity index (χ0n) is 15.0. The number of imidazole rings is 1. The van der Waals surface area contributed by atoms with Gasteiger partial charge in [0.25, 0.3) is 0 Å². The molecule has 0 saturated carbocycles. The van der Waals surface area contributed by atoms with Gasteiger partial charge in [0.1, 0.15) is 0 Å². The van der Waals surface area contributed by atoms with Gasteiger partial charge in [0.15, 0.2) is 5.16 Å². The van der Waals surface area contributed by atoms with Crippen LogP contribution in [0.1, 0.15) is 12.5 Å². The van der Waals surface area contributed by atoms with Crippen LogP contribution in [0.15, 0.2) is 66.0 Å². The minimum Gasteiger partial charge on any atom is -0.351 e. The molecule has 1 heterocycles. The lowest BCUT2D eigenvalue weighted by Crippen LogP contribution is -2.39. The standard InChI is InChI=1S/C20H20N4O2S/c1-13-8-10-16(11-9-13)24-17(15-6-4-3-5-7-15)12-22-20(24)27-14(2)18(25)23-19(21)26/h3-12,14H,1-2H3,(H3,21,23,25,26).